The van der Waals surface area contributed by atoms with Crippen molar-refractivity contribution in [3.05, 3.63) is 35.9 Å². The van der Waals surface area contributed by atoms with Crippen molar-refractivity contribution in [2.45, 2.75) is 39.0 Å². The van der Waals surface area contributed by atoms with Gasteiger partial charge in [-0.25, -0.2) is 0 Å². The minimum absolute atomic E-state index is 0.143. The first kappa shape index (κ1) is 15.2. The van der Waals surface area contributed by atoms with Crippen LogP contribution in [0.2, 0.25) is 0 Å². The van der Waals surface area contributed by atoms with Crippen LogP contribution in [-0.2, 0) is 5.41 Å². The summed E-state index contributed by atoms with van der Waals surface area (Å²) >= 11 is 0. The fraction of sp³-hybridized carbons (Fsp3) is 0.625. The van der Waals surface area contributed by atoms with Gasteiger partial charge in [0.25, 0.3) is 0 Å². The van der Waals surface area contributed by atoms with Crippen LogP contribution >= 0.6 is 0 Å². The molecular formula is C16H28N2. The molecule has 0 amide bonds. The Bertz CT molecular complexity index is 313. The van der Waals surface area contributed by atoms with Crippen LogP contribution in [0, 0.1) is 0 Å². The molecule has 0 fully saturated rings. The summed E-state index contributed by atoms with van der Waals surface area (Å²) in [7, 11) is 0. The van der Waals surface area contributed by atoms with Gasteiger partial charge in [0.1, 0.15) is 0 Å². The topological polar surface area (TPSA) is 29.3 Å². The predicted octanol–water partition coefficient (Wildman–Crippen LogP) is 3.03. The molecule has 1 aromatic rings. The molecule has 1 atom stereocenters. The van der Waals surface area contributed by atoms with Gasteiger partial charge < -0.3 is 10.6 Å². The zero-order valence-electron chi connectivity index (χ0n) is 12.2. The first-order valence-corrected chi connectivity index (χ1v) is 7.20. The Balaban J connectivity index is 2.81. The first-order valence-electron chi connectivity index (χ1n) is 7.20. The number of nitrogens with zero attached hydrogens (tertiary/aromatic N) is 1. The number of hydrogen-bond donors (Lipinski definition) is 1. The van der Waals surface area contributed by atoms with Crippen molar-refractivity contribution in [3.8, 4) is 0 Å². The largest absolute Gasteiger partial charge is 0.330 e. The lowest BCUT2D eigenvalue weighted by atomic mass is 9.75. The van der Waals surface area contributed by atoms with E-state index >= 15 is 0 Å². The minimum Gasteiger partial charge on any atom is -0.330 e. The molecule has 18 heavy (non-hydrogen) atoms. The highest BCUT2D eigenvalue weighted by atomic mass is 15.1. The van der Waals surface area contributed by atoms with Crippen LogP contribution in [-0.4, -0.2) is 31.1 Å². The fourth-order valence-corrected chi connectivity index (χ4v) is 2.59. The van der Waals surface area contributed by atoms with Crippen LogP contribution in [0.5, 0.6) is 0 Å². The van der Waals surface area contributed by atoms with Crippen molar-refractivity contribution in [1.29, 1.82) is 0 Å². The molecule has 1 aromatic carbocycles. The van der Waals surface area contributed by atoms with Crippen LogP contribution in [0.4, 0.5) is 0 Å². The lowest BCUT2D eigenvalue weighted by Gasteiger charge is -2.34. The molecule has 0 spiro atoms. The smallest absolute Gasteiger partial charge is 0.00850 e. The zero-order chi connectivity index (χ0) is 13.4. The maximum absolute atomic E-state index is 6.10. The summed E-state index contributed by atoms with van der Waals surface area (Å²) in [4.78, 5) is 2.48. The van der Waals surface area contributed by atoms with Gasteiger partial charge in [0.15, 0.2) is 0 Å². The van der Waals surface area contributed by atoms with Crippen LogP contribution in [0.1, 0.15) is 39.2 Å². The quantitative estimate of drug-likeness (QED) is 0.766. The van der Waals surface area contributed by atoms with Crippen LogP contribution in [0.15, 0.2) is 30.3 Å². The molecule has 0 aliphatic rings. The Morgan fingerprint density at radius 1 is 1.06 bits per heavy atom. The monoisotopic (exact) mass is 248 g/mol. The molecule has 1 unspecified atom stereocenters. The standard InChI is InChI=1S/C16H28N2/c1-4-16(14-17,12-13-18(5-2)6-3)15-10-8-7-9-11-15/h7-11H,4-6,12-14,17H2,1-3H3. The third-order valence-electron chi connectivity index (χ3n) is 4.25. The molecule has 0 heterocycles. The summed E-state index contributed by atoms with van der Waals surface area (Å²) < 4.78 is 0. The van der Waals surface area contributed by atoms with Crippen molar-refractivity contribution in [2.75, 3.05) is 26.2 Å². The average Bonchev–Trinajstić information content (AvgIpc) is 2.45. The van der Waals surface area contributed by atoms with Crippen LogP contribution in [0.25, 0.3) is 0 Å². The van der Waals surface area contributed by atoms with Crippen molar-refractivity contribution in [2.24, 2.45) is 5.73 Å². The highest BCUT2D eigenvalue weighted by molar-refractivity contribution is 5.25. The summed E-state index contributed by atoms with van der Waals surface area (Å²) in [6.07, 6.45) is 2.25. The SMILES string of the molecule is CCN(CC)CCC(CC)(CN)c1ccccc1. The molecule has 102 valence electrons. The van der Waals surface area contributed by atoms with Crippen LogP contribution < -0.4 is 5.73 Å². The molecule has 0 saturated carbocycles. The van der Waals surface area contributed by atoms with Gasteiger partial charge in [-0.05, 0) is 38.0 Å². The second-order valence-corrected chi connectivity index (χ2v) is 4.98. The summed E-state index contributed by atoms with van der Waals surface area (Å²) in [6.45, 7) is 10.8. The van der Waals surface area contributed by atoms with E-state index in [0.717, 1.165) is 39.0 Å². The lowest BCUT2D eigenvalue weighted by molar-refractivity contribution is 0.254. The Hall–Kier alpha value is -0.860. The molecule has 0 aliphatic carbocycles. The molecule has 0 aromatic heterocycles. The van der Waals surface area contributed by atoms with Gasteiger partial charge in [0.2, 0.25) is 0 Å². The van der Waals surface area contributed by atoms with E-state index in [1.807, 2.05) is 0 Å². The van der Waals surface area contributed by atoms with Crippen LogP contribution in [0.3, 0.4) is 0 Å². The van der Waals surface area contributed by atoms with Gasteiger partial charge in [0.05, 0.1) is 0 Å². The minimum atomic E-state index is 0.143. The Labute approximate surface area is 112 Å². The number of benzene rings is 1. The van der Waals surface area contributed by atoms with E-state index in [4.69, 9.17) is 5.73 Å². The average molecular weight is 248 g/mol. The maximum Gasteiger partial charge on any atom is 0.00850 e. The van der Waals surface area contributed by atoms with E-state index in [1.165, 1.54) is 5.56 Å². The number of rotatable bonds is 8. The zero-order valence-corrected chi connectivity index (χ0v) is 12.2. The summed E-state index contributed by atoms with van der Waals surface area (Å²) in [5.41, 5.74) is 7.63. The van der Waals surface area contributed by atoms with Crippen molar-refractivity contribution in [1.82, 2.24) is 4.90 Å². The van der Waals surface area contributed by atoms with Gasteiger partial charge >= 0.3 is 0 Å². The normalized spacial score (nSPS) is 14.7. The van der Waals surface area contributed by atoms with E-state index < -0.39 is 0 Å². The molecule has 1 rings (SSSR count). The highest BCUT2D eigenvalue weighted by Gasteiger charge is 2.28. The van der Waals surface area contributed by atoms with E-state index in [0.29, 0.717) is 0 Å². The fourth-order valence-electron chi connectivity index (χ4n) is 2.59. The van der Waals surface area contributed by atoms with E-state index in [9.17, 15) is 0 Å². The lowest BCUT2D eigenvalue weighted by Crippen LogP contribution is -2.38. The molecule has 0 radical (unpaired) electrons. The predicted molar refractivity (Wildman–Crippen MR) is 79.9 cm³/mol. The summed E-state index contributed by atoms with van der Waals surface area (Å²) in [6, 6.07) is 10.8. The molecule has 0 bridgehead atoms. The molecular weight excluding hydrogens is 220 g/mol. The highest BCUT2D eigenvalue weighted by Crippen LogP contribution is 2.30. The van der Waals surface area contributed by atoms with Crippen molar-refractivity contribution >= 4 is 0 Å². The molecule has 0 aliphatic heterocycles. The third-order valence-corrected chi connectivity index (χ3v) is 4.25. The second kappa shape index (κ2) is 7.55. The van der Waals surface area contributed by atoms with Gasteiger partial charge in [0, 0.05) is 12.0 Å². The first-order chi connectivity index (χ1) is 8.72. The van der Waals surface area contributed by atoms with E-state index in [1.54, 1.807) is 0 Å². The van der Waals surface area contributed by atoms with Crippen molar-refractivity contribution < 1.29 is 0 Å². The number of hydrogen-bond acceptors (Lipinski definition) is 2. The molecule has 2 nitrogen and oxygen atoms in total. The summed E-state index contributed by atoms with van der Waals surface area (Å²) in [5.74, 6) is 0. The molecule has 0 saturated heterocycles. The van der Waals surface area contributed by atoms with E-state index in [-0.39, 0.29) is 5.41 Å². The maximum atomic E-state index is 6.10. The Kier molecular flexibility index (Phi) is 6.37. The number of nitrogens with two attached hydrogens (primary N) is 1. The second-order valence-electron chi connectivity index (χ2n) is 4.98. The van der Waals surface area contributed by atoms with Gasteiger partial charge in [-0.2, -0.15) is 0 Å². The van der Waals surface area contributed by atoms with Crippen molar-refractivity contribution in [3.63, 3.8) is 0 Å². The third kappa shape index (κ3) is 3.56. The molecule has 2 heteroatoms. The van der Waals surface area contributed by atoms with Gasteiger partial charge in [-0.1, -0.05) is 51.1 Å². The van der Waals surface area contributed by atoms with Gasteiger partial charge in [-0.3, -0.25) is 0 Å². The Morgan fingerprint density at radius 3 is 2.11 bits per heavy atom. The summed E-state index contributed by atoms with van der Waals surface area (Å²) in [5, 5.41) is 0. The van der Waals surface area contributed by atoms with E-state index in [2.05, 4.69) is 56.0 Å². The Morgan fingerprint density at radius 2 is 1.67 bits per heavy atom. The molecule has 2 N–H and O–H groups in total. The van der Waals surface area contributed by atoms with Gasteiger partial charge in [-0.15, -0.1) is 0 Å².